The molecule has 0 aliphatic heterocycles. The molecule has 0 unspecified atom stereocenters. The van der Waals surface area contributed by atoms with Crippen molar-refractivity contribution in [1.29, 1.82) is 0 Å². The number of fused-ring (bicyclic) bond motifs is 6. The lowest BCUT2D eigenvalue weighted by molar-refractivity contribution is 0.581. The minimum Gasteiger partial charge on any atom is -0.139 e. The number of thiophene rings is 2. The minimum absolute atomic E-state index is 0.0283. The molecule has 0 spiro atoms. The van der Waals surface area contributed by atoms with Crippen LogP contribution in [0.25, 0.3) is 84.8 Å². The second-order valence-electron chi connectivity index (χ2n) is 21.0. The van der Waals surface area contributed by atoms with Crippen LogP contribution in [0.1, 0.15) is 155 Å². The van der Waals surface area contributed by atoms with Gasteiger partial charge in [0.05, 0.1) is 0 Å². The fourth-order valence-electron chi connectivity index (χ4n) is 9.65. The number of benzene rings is 7. The maximum absolute atomic E-state index is 2.65. The van der Waals surface area contributed by atoms with Crippen molar-refractivity contribution in [1.82, 2.24) is 0 Å². The highest BCUT2D eigenvalue weighted by molar-refractivity contribution is 7.21. The molecule has 2 heteroatoms. The van der Waals surface area contributed by atoms with E-state index < -0.39 is 0 Å². The first-order valence-electron chi connectivity index (χ1n) is 19.7. The van der Waals surface area contributed by atoms with Crippen LogP contribution in [0.5, 0.6) is 0 Å². The van der Waals surface area contributed by atoms with Crippen molar-refractivity contribution in [2.24, 2.45) is 0 Å². The molecule has 9 aromatic rings. The second-order valence-corrected chi connectivity index (χ2v) is 23.1. The normalized spacial score (nSPS) is 14.5. The Hall–Kier alpha value is -3.20. The van der Waals surface area contributed by atoms with Gasteiger partial charge in [-0.05, 0) is 135 Å². The standard InChI is InChI=1S/C50H56S2/c1-23(2)35-21-27-25-17-31(47(5,6)7)41-34(50(14,15)16)20-30-40-38-26(28-22-36(24(3)4)52-46(28)30)18-32(48(8,9)10)42-33(49(11,12)13)19-29(45(27)51-35)39(44(38)42)37(25)43(40)41/h17-24H,1-16H3. The fourth-order valence-corrected chi connectivity index (χ4v) is 12.0. The van der Waals surface area contributed by atoms with Crippen molar-refractivity contribution < 1.29 is 0 Å². The Morgan fingerprint density at radius 1 is 0.327 bits per heavy atom. The molecule has 0 nitrogen and oxygen atoms in total. The van der Waals surface area contributed by atoms with Gasteiger partial charge in [-0.2, -0.15) is 0 Å². The van der Waals surface area contributed by atoms with Gasteiger partial charge in [-0.1, -0.05) is 111 Å². The molecule has 0 aliphatic carbocycles. The highest BCUT2D eigenvalue weighted by Gasteiger charge is 2.35. The van der Waals surface area contributed by atoms with E-state index in [-0.39, 0.29) is 21.7 Å². The summed E-state index contributed by atoms with van der Waals surface area (Å²) in [6, 6.07) is 15.7. The van der Waals surface area contributed by atoms with Crippen LogP contribution in [0.15, 0.2) is 36.4 Å². The van der Waals surface area contributed by atoms with Crippen LogP contribution >= 0.6 is 22.7 Å². The van der Waals surface area contributed by atoms with Gasteiger partial charge in [-0.15, -0.1) is 22.7 Å². The molecule has 0 atom stereocenters. The monoisotopic (exact) mass is 720 g/mol. The van der Waals surface area contributed by atoms with Gasteiger partial charge in [-0.3, -0.25) is 0 Å². The third-order valence-corrected chi connectivity index (χ3v) is 15.2. The zero-order chi connectivity index (χ0) is 37.5. The van der Waals surface area contributed by atoms with E-state index >= 15 is 0 Å². The maximum atomic E-state index is 2.65. The molecule has 0 fully saturated rings. The van der Waals surface area contributed by atoms with Crippen LogP contribution in [0.4, 0.5) is 0 Å². The maximum Gasteiger partial charge on any atom is 0.0430 e. The lowest BCUT2D eigenvalue weighted by Gasteiger charge is -2.34. The summed E-state index contributed by atoms with van der Waals surface area (Å²) in [6.07, 6.45) is 0. The zero-order valence-electron chi connectivity index (χ0n) is 34.4. The molecule has 7 aromatic carbocycles. The Labute approximate surface area is 318 Å². The molecule has 0 saturated heterocycles. The molecule has 0 amide bonds. The van der Waals surface area contributed by atoms with E-state index in [0.29, 0.717) is 11.8 Å². The van der Waals surface area contributed by atoms with Gasteiger partial charge >= 0.3 is 0 Å². The summed E-state index contributed by atoms with van der Waals surface area (Å²) in [4.78, 5) is 2.97. The quantitative estimate of drug-likeness (QED) is 0.123. The Kier molecular flexibility index (Phi) is 6.85. The molecule has 0 radical (unpaired) electrons. The van der Waals surface area contributed by atoms with E-state index in [1.165, 1.54) is 117 Å². The molecule has 268 valence electrons. The summed E-state index contributed by atoms with van der Waals surface area (Å²) in [6.45, 7) is 38.7. The van der Waals surface area contributed by atoms with Crippen LogP contribution in [-0.4, -0.2) is 0 Å². The van der Waals surface area contributed by atoms with E-state index in [2.05, 4.69) is 147 Å². The number of hydrogen-bond acceptors (Lipinski definition) is 2. The van der Waals surface area contributed by atoms with E-state index in [1.54, 1.807) is 0 Å². The Balaban J connectivity index is 1.78. The van der Waals surface area contributed by atoms with Crippen LogP contribution < -0.4 is 0 Å². The average Bonchev–Trinajstić information content (AvgIpc) is 3.67. The topological polar surface area (TPSA) is 0 Å². The Bertz CT molecular complexity index is 2520. The van der Waals surface area contributed by atoms with E-state index in [4.69, 9.17) is 0 Å². The summed E-state index contributed by atoms with van der Waals surface area (Å²) in [7, 11) is 0. The average molecular weight is 721 g/mol. The second kappa shape index (κ2) is 10.3. The minimum atomic E-state index is -0.0290. The number of rotatable bonds is 2. The van der Waals surface area contributed by atoms with Gasteiger partial charge in [0.2, 0.25) is 0 Å². The van der Waals surface area contributed by atoms with Crippen LogP contribution in [-0.2, 0) is 21.7 Å². The lowest BCUT2D eigenvalue weighted by atomic mass is 9.69. The summed E-state index contributed by atoms with van der Waals surface area (Å²) in [5.41, 5.74) is 5.83. The van der Waals surface area contributed by atoms with E-state index in [0.717, 1.165) is 0 Å². The molecular weight excluding hydrogens is 665 g/mol. The van der Waals surface area contributed by atoms with Crippen molar-refractivity contribution >= 4 is 107 Å². The van der Waals surface area contributed by atoms with Gasteiger partial charge in [0.1, 0.15) is 0 Å². The molecule has 2 heterocycles. The predicted molar refractivity (Wildman–Crippen MR) is 239 cm³/mol. The molecule has 2 aromatic heterocycles. The molecule has 0 saturated carbocycles. The lowest BCUT2D eigenvalue weighted by Crippen LogP contribution is -2.19. The number of hydrogen-bond donors (Lipinski definition) is 0. The Morgan fingerprint density at radius 3 is 0.865 bits per heavy atom. The SMILES string of the molecule is CC(C)c1cc2c3cc(C(C)(C)C)c4c(C(C)(C)C)cc5c6sc(C(C)C)cc6c6cc(C(C)(C)C)c7c(C(C)(C)C)cc(c2s1)c1c7c6c5c4c31. The van der Waals surface area contributed by atoms with Gasteiger partial charge < -0.3 is 0 Å². The van der Waals surface area contributed by atoms with Crippen molar-refractivity contribution in [3.63, 3.8) is 0 Å². The van der Waals surface area contributed by atoms with Gasteiger partial charge in [-0.25, -0.2) is 0 Å². The highest BCUT2D eigenvalue weighted by Crippen LogP contribution is 2.59. The van der Waals surface area contributed by atoms with Crippen LogP contribution in [0.3, 0.4) is 0 Å². The third kappa shape index (κ3) is 4.43. The fraction of sp³-hybridized carbons (Fsp3) is 0.440. The molecule has 0 N–H and O–H groups in total. The van der Waals surface area contributed by atoms with Crippen molar-refractivity contribution in [2.45, 2.75) is 144 Å². The van der Waals surface area contributed by atoms with Crippen molar-refractivity contribution in [3.8, 4) is 0 Å². The summed E-state index contributed by atoms with van der Waals surface area (Å²) < 4.78 is 2.94. The molecule has 9 rings (SSSR count). The predicted octanol–water partition coefficient (Wildman–Crippen LogP) is 16.8. The molecule has 0 aliphatic rings. The Morgan fingerprint density at radius 2 is 0.596 bits per heavy atom. The van der Waals surface area contributed by atoms with Crippen LogP contribution in [0, 0.1) is 0 Å². The zero-order valence-corrected chi connectivity index (χ0v) is 36.1. The first kappa shape index (κ1) is 34.6. The van der Waals surface area contributed by atoms with E-state index in [1.807, 2.05) is 22.7 Å². The van der Waals surface area contributed by atoms with Crippen LogP contribution in [0.2, 0.25) is 0 Å². The molecular formula is C50H56S2. The van der Waals surface area contributed by atoms with Gasteiger partial charge in [0.25, 0.3) is 0 Å². The first-order chi connectivity index (χ1) is 24.0. The third-order valence-electron chi connectivity index (χ3n) is 12.3. The van der Waals surface area contributed by atoms with Gasteiger partial charge in [0.15, 0.2) is 0 Å². The van der Waals surface area contributed by atoms with Gasteiger partial charge in [0, 0.05) is 51.5 Å². The molecule has 0 bridgehead atoms. The van der Waals surface area contributed by atoms with Crippen molar-refractivity contribution in [2.75, 3.05) is 0 Å². The van der Waals surface area contributed by atoms with Crippen molar-refractivity contribution in [3.05, 3.63) is 68.4 Å². The largest absolute Gasteiger partial charge is 0.139 e. The van der Waals surface area contributed by atoms with E-state index in [9.17, 15) is 0 Å². The summed E-state index contributed by atoms with van der Waals surface area (Å²) in [5.74, 6) is 0.963. The molecule has 52 heavy (non-hydrogen) atoms. The smallest absolute Gasteiger partial charge is 0.0430 e. The summed E-state index contributed by atoms with van der Waals surface area (Å²) >= 11 is 4.10. The first-order valence-corrected chi connectivity index (χ1v) is 21.3. The summed E-state index contributed by atoms with van der Waals surface area (Å²) in [5, 5.41) is 20.8. The highest BCUT2D eigenvalue weighted by atomic mass is 32.1.